The molecule has 5 heteroatoms. The number of aromatic nitrogens is 2. The maximum absolute atomic E-state index is 9.75. The van der Waals surface area contributed by atoms with E-state index < -0.39 is 0 Å². The summed E-state index contributed by atoms with van der Waals surface area (Å²) in [6.45, 7) is 15.8. The molecule has 7 aromatic carbocycles. The van der Waals surface area contributed by atoms with Gasteiger partial charge >= 0.3 is 0 Å². The minimum Gasteiger partial charge on any atom is -0.311 e. The van der Waals surface area contributed by atoms with Crippen molar-refractivity contribution in [2.45, 2.75) is 0 Å². The van der Waals surface area contributed by atoms with Crippen LogP contribution < -0.4 is 0 Å². The highest BCUT2D eigenvalue weighted by Crippen LogP contribution is 2.43. The van der Waals surface area contributed by atoms with Crippen LogP contribution in [-0.4, -0.2) is 9.13 Å². The van der Waals surface area contributed by atoms with Crippen molar-refractivity contribution in [2.75, 3.05) is 0 Å². The summed E-state index contributed by atoms with van der Waals surface area (Å²) in [5.74, 6) is 0. The standard InChI is InChI=1S/C45H25N5/c1-47-31-22-23-37(44(27-31)50-42-24-21-29(28-46)25-38(42)45-39(48-2)17-10-20-43(45)50)34-14-4-3-13-33(34)30-11-9-12-32(26-30)49-40-18-7-5-15-35(40)36-16-6-8-19-41(36)49/h3-27H. The quantitative estimate of drug-likeness (QED) is 0.177. The summed E-state index contributed by atoms with van der Waals surface area (Å²) in [7, 11) is 0. The van der Waals surface area contributed by atoms with E-state index in [1.807, 2.05) is 60.7 Å². The lowest BCUT2D eigenvalue weighted by Crippen LogP contribution is -1.99. The van der Waals surface area contributed by atoms with Gasteiger partial charge in [-0.2, -0.15) is 5.26 Å². The Kier molecular flexibility index (Phi) is 6.56. The van der Waals surface area contributed by atoms with Gasteiger partial charge in [0.1, 0.15) is 0 Å². The van der Waals surface area contributed by atoms with Gasteiger partial charge in [-0.05, 0) is 76.7 Å². The highest BCUT2D eigenvalue weighted by Gasteiger charge is 2.20. The highest BCUT2D eigenvalue weighted by molar-refractivity contribution is 6.16. The van der Waals surface area contributed by atoms with Gasteiger partial charge in [0, 0.05) is 38.6 Å². The third-order valence-corrected chi connectivity index (χ3v) is 9.58. The lowest BCUT2D eigenvalue weighted by molar-refractivity contribution is 1.18. The maximum Gasteiger partial charge on any atom is 0.197 e. The average Bonchev–Trinajstić information content (AvgIpc) is 3.70. The van der Waals surface area contributed by atoms with Crippen LogP contribution in [0.25, 0.3) is 86.9 Å². The van der Waals surface area contributed by atoms with Gasteiger partial charge < -0.3 is 9.13 Å². The largest absolute Gasteiger partial charge is 0.311 e. The summed E-state index contributed by atoms with van der Waals surface area (Å²) >= 11 is 0. The smallest absolute Gasteiger partial charge is 0.197 e. The Bertz CT molecular complexity index is 2920. The second-order valence-electron chi connectivity index (χ2n) is 12.2. The van der Waals surface area contributed by atoms with Crippen molar-refractivity contribution >= 4 is 55.0 Å². The Morgan fingerprint density at radius 2 is 1.18 bits per heavy atom. The van der Waals surface area contributed by atoms with Crippen molar-refractivity contribution < 1.29 is 0 Å². The predicted octanol–water partition coefficient (Wildman–Crippen LogP) is 12.2. The number of hydrogen-bond donors (Lipinski definition) is 0. The summed E-state index contributed by atoms with van der Waals surface area (Å²) in [5, 5.41) is 13.8. The number of rotatable bonds is 4. The molecule has 0 N–H and O–H groups in total. The molecule has 0 saturated heterocycles. The molecular formula is C45H25N5. The Morgan fingerprint density at radius 1 is 0.500 bits per heavy atom. The fourth-order valence-electron chi connectivity index (χ4n) is 7.46. The van der Waals surface area contributed by atoms with Crippen LogP contribution in [0.4, 0.5) is 11.4 Å². The number of hydrogen-bond acceptors (Lipinski definition) is 1. The van der Waals surface area contributed by atoms with Gasteiger partial charge in [0.2, 0.25) is 0 Å². The summed E-state index contributed by atoms with van der Waals surface area (Å²) in [6.07, 6.45) is 0. The molecule has 0 aliphatic heterocycles. The van der Waals surface area contributed by atoms with Crippen LogP contribution in [0.2, 0.25) is 0 Å². The molecule has 0 fully saturated rings. The first-order valence-corrected chi connectivity index (χ1v) is 16.2. The molecule has 50 heavy (non-hydrogen) atoms. The molecule has 230 valence electrons. The second-order valence-corrected chi connectivity index (χ2v) is 12.2. The lowest BCUT2D eigenvalue weighted by atomic mass is 9.93. The van der Waals surface area contributed by atoms with E-state index in [1.165, 1.54) is 10.8 Å². The molecule has 2 heterocycles. The van der Waals surface area contributed by atoms with Gasteiger partial charge in [0.15, 0.2) is 11.4 Å². The van der Waals surface area contributed by atoms with E-state index in [0.717, 1.165) is 66.5 Å². The van der Waals surface area contributed by atoms with Crippen molar-refractivity contribution in [2.24, 2.45) is 0 Å². The molecule has 0 aliphatic rings. The van der Waals surface area contributed by atoms with Gasteiger partial charge in [-0.15, -0.1) is 0 Å². The number of fused-ring (bicyclic) bond motifs is 6. The van der Waals surface area contributed by atoms with Crippen LogP contribution >= 0.6 is 0 Å². The van der Waals surface area contributed by atoms with Crippen LogP contribution in [0, 0.1) is 24.5 Å². The van der Waals surface area contributed by atoms with Gasteiger partial charge in [-0.1, -0.05) is 97.1 Å². The number of nitrogens with zero attached hydrogens (tertiary/aromatic N) is 5. The van der Waals surface area contributed by atoms with E-state index in [0.29, 0.717) is 16.9 Å². The second kappa shape index (κ2) is 11.4. The highest BCUT2D eigenvalue weighted by atomic mass is 15.0. The van der Waals surface area contributed by atoms with Crippen molar-refractivity contribution in [1.82, 2.24) is 9.13 Å². The fraction of sp³-hybridized carbons (Fsp3) is 0. The topological polar surface area (TPSA) is 42.4 Å². The zero-order valence-electron chi connectivity index (χ0n) is 26.7. The monoisotopic (exact) mass is 635 g/mol. The average molecular weight is 636 g/mol. The number of para-hydroxylation sites is 2. The molecule has 0 bridgehead atoms. The van der Waals surface area contributed by atoms with Gasteiger partial charge in [-0.3, -0.25) is 0 Å². The normalized spacial score (nSPS) is 11.1. The molecule has 0 saturated carbocycles. The number of benzene rings is 7. The van der Waals surface area contributed by atoms with E-state index in [9.17, 15) is 5.26 Å². The third kappa shape index (κ3) is 4.31. The SMILES string of the molecule is [C-]#[N+]c1ccc(-c2ccccc2-c2cccc(-n3c4ccccc4c4ccccc43)c2)c(-n2c3ccc(C#N)cc3c3c([N+]#[C-])cccc32)c1. The molecule has 0 spiro atoms. The van der Waals surface area contributed by atoms with Crippen LogP contribution in [0.3, 0.4) is 0 Å². The van der Waals surface area contributed by atoms with Gasteiger partial charge in [0.25, 0.3) is 0 Å². The Hall–Kier alpha value is -7.39. The minimum atomic E-state index is 0.513. The Balaban J connectivity index is 1.30. The summed E-state index contributed by atoms with van der Waals surface area (Å²) in [4.78, 5) is 7.66. The lowest BCUT2D eigenvalue weighted by Gasteiger charge is -2.18. The molecule has 0 atom stereocenters. The zero-order valence-corrected chi connectivity index (χ0v) is 26.7. The Morgan fingerprint density at radius 3 is 1.92 bits per heavy atom. The maximum atomic E-state index is 9.75. The van der Waals surface area contributed by atoms with Crippen LogP contribution in [-0.2, 0) is 0 Å². The molecule has 9 aromatic rings. The van der Waals surface area contributed by atoms with Crippen LogP contribution in [0.15, 0.2) is 152 Å². The van der Waals surface area contributed by atoms with Crippen LogP contribution in [0.5, 0.6) is 0 Å². The zero-order chi connectivity index (χ0) is 33.8. The van der Waals surface area contributed by atoms with Gasteiger partial charge in [0.05, 0.1) is 41.3 Å². The van der Waals surface area contributed by atoms with E-state index in [-0.39, 0.29) is 0 Å². The van der Waals surface area contributed by atoms with E-state index >= 15 is 0 Å². The first-order valence-electron chi connectivity index (χ1n) is 16.2. The molecule has 0 radical (unpaired) electrons. The Labute approximate surface area is 288 Å². The summed E-state index contributed by atoms with van der Waals surface area (Å²) < 4.78 is 4.46. The van der Waals surface area contributed by atoms with E-state index in [2.05, 4.69) is 116 Å². The third-order valence-electron chi connectivity index (χ3n) is 9.58. The molecule has 9 rings (SSSR count). The van der Waals surface area contributed by atoms with E-state index in [1.54, 1.807) is 0 Å². The first kappa shape index (κ1) is 28.8. The molecule has 5 nitrogen and oxygen atoms in total. The first-order chi connectivity index (χ1) is 24.7. The minimum absolute atomic E-state index is 0.513. The predicted molar refractivity (Wildman–Crippen MR) is 203 cm³/mol. The number of nitriles is 1. The molecule has 0 amide bonds. The van der Waals surface area contributed by atoms with Gasteiger partial charge in [-0.25, -0.2) is 9.69 Å². The van der Waals surface area contributed by atoms with Crippen LogP contribution in [0.1, 0.15) is 5.56 Å². The molecule has 2 aromatic heterocycles. The fourth-order valence-corrected chi connectivity index (χ4v) is 7.46. The molecular weight excluding hydrogens is 611 g/mol. The summed E-state index contributed by atoms with van der Waals surface area (Å²) in [5.41, 5.74) is 11.6. The van der Waals surface area contributed by atoms with Crippen molar-refractivity contribution in [3.63, 3.8) is 0 Å². The summed E-state index contributed by atoms with van der Waals surface area (Å²) in [6, 6.07) is 53.5. The molecule has 0 unspecified atom stereocenters. The molecule has 0 aliphatic carbocycles. The van der Waals surface area contributed by atoms with Crippen molar-refractivity contribution in [3.05, 3.63) is 180 Å². The van der Waals surface area contributed by atoms with Crippen molar-refractivity contribution in [3.8, 4) is 39.7 Å². The van der Waals surface area contributed by atoms with E-state index in [4.69, 9.17) is 13.1 Å². The van der Waals surface area contributed by atoms with Crippen molar-refractivity contribution in [1.29, 1.82) is 5.26 Å².